The van der Waals surface area contributed by atoms with E-state index in [-0.39, 0.29) is 56.2 Å². The van der Waals surface area contributed by atoms with Gasteiger partial charge in [0.15, 0.2) is 12.4 Å². The predicted molar refractivity (Wildman–Crippen MR) is 179 cm³/mol. The van der Waals surface area contributed by atoms with Gasteiger partial charge in [-0.3, -0.25) is 15.0 Å². The van der Waals surface area contributed by atoms with Crippen molar-refractivity contribution >= 4 is 66.9 Å². The van der Waals surface area contributed by atoms with E-state index in [4.69, 9.17) is 9.47 Å². The van der Waals surface area contributed by atoms with Crippen LogP contribution in [0, 0.1) is 0 Å². The number of anilines is 2. The predicted octanol–water partition coefficient (Wildman–Crippen LogP) is 4.08. The van der Waals surface area contributed by atoms with Crippen molar-refractivity contribution < 1.29 is 52.4 Å². The zero-order valence-corrected chi connectivity index (χ0v) is 29.0. The molecule has 0 unspecified atom stereocenters. The van der Waals surface area contributed by atoms with Crippen LogP contribution < -0.4 is 44.1 Å². The highest BCUT2D eigenvalue weighted by Crippen LogP contribution is 2.24. The molecule has 0 atom stereocenters. The topological polar surface area (TPSA) is 101 Å². The fourth-order valence-corrected chi connectivity index (χ4v) is 5.48. The van der Waals surface area contributed by atoms with Crippen LogP contribution in [0.25, 0.3) is 21.5 Å². The first-order valence-electron chi connectivity index (χ1n) is 14.7. The second-order valence-electron chi connectivity index (χ2n) is 10.3. The lowest BCUT2D eigenvalue weighted by Crippen LogP contribution is -3.00. The minimum Gasteiger partial charge on any atom is -1.00 e. The molecule has 0 spiro atoms. The maximum atomic E-state index is 13.3. The molecule has 1 aromatic heterocycles. The molecule has 0 saturated heterocycles. The van der Waals surface area contributed by atoms with Gasteiger partial charge in [0.1, 0.15) is 25.3 Å². The number of hydrogen-bond acceptors (Lipinski definition) is 5. The van der Waals surface area contributed by atoms with E-state index in [9.17, 15) is 14.4 Å². The van der Waals surface area contributed by atoms with Crippen molar-refractivity contribution in [3.8, 4) is 0 Å². The summed E-state index contributed by atoms with van der Waals surface area (Å²) in [7, 11) is 0. The summed E-state index contributed by atoms with van der Waals surface area (Å²) in [5.41, 5.74) is 1.73. The number of carbonyl (C=O) groups is 3. The Morgan fingerprint density at radius 1 is 0.826 bits per heavy atom. The van der Waals surface area contributed by atoms with Crippen LogP contribution in [-0.4, -0.2) is 44.4 Å². The van der Waals surface area contributed by atoms with Crippen LogP contribution in [0.15, 0.2) is 108 Å². The van der Waals surface area contributed by atoms with Crippen molar-refractivity contribution in [1.29, 1.82) is 0 Å². The average molecular weight is 797 g/mol. The number of halogens is 2. The van der Waals surface area contributed by atoms with E-state index in [1.165, 1.54) is 4.90 Å². The lowest BCUT2D eigenvalue weighted by Gasteiger charge is -2.23. The third-order valence-corrected chi connectivity index (χ3v) is 7.52. The fourth-order valence-electron chi connectivity index (χ4n) is 4.97. The van der Waals surface area contributed by atoms with E-state index in [1.807, 2.05) is 89.6 Å². The van der Waals surface area contributed by atoms with Crippen LogP contribution in [0.1, 0.15) is 23.7 Å². The average Bonchev–Trinajstić information content (AvgIpc) is 3.05. The number of aryl methyl sites for hydroxylation is 1. The normalized spacial score (nSPS) is 10.6. The third-order valence-electron chi connectivity index (χ3n) is 7.08. The number of fused-ring (bicyclic) bond motifs is 2. The molecule has 2 N–H and O–H groups in total. The highest BCUT2D eigenvalue weighted by molar-refractivity contribution is 9.10. The lowest BCUT2D eigenvalue weighted by atomic mass is 10.1. The second-order valence-corrected chi connectivity index (χ2v) is 11.2. The van der Waals surface area contributed by atoms with Gasteiger partial charge in [-0.2, -0.15) is 0 Å². The SMILES string of the molecule is CCC[n+]1cc(Br)cc(C(=O)NCCOC(=O)N(CCOC(=O)Nc2cccc3ccccc23)c2ccc3ccccc3c2)c1.[I-]. The lowest BCUT2D eigenvalue weighted by molar-refractivity contribution is -0.697. The number of pyridine rings is 1. The van der Waals surface area contributed by atoms with Crippen LogP contribution in [0.5, 0.6) is 0 Å². The Labute approximate surface area is 293 Å². The Balaban J connectivity index is 0.00000480. The number of hydrogen-bond donors (Lipinski definition) is 2. The molecule has 0 aliphatic rings. The van der Waals surface area contributed by atoms with Crippen LogP contribution in [0.4, 0.5) is 21.0 Å². The summed E-state index contributed by atoms with van der Waals surface area (Å²) < 4.78 is 13.8. The van der Waals surface area contributed by atoms with E-state index in [2.05, 4.69) is 33.5 Å². The van der Waals surface area contributed by atoms with E-state index in [0.29, 0.717) is 16.9 Å². The number of nitrogens with zero attached hydrogens (tertiary/aromatic N) is 2. The zero-order valence-electron chi connectivity index (χ0n) is 25.2. The summed E-state index contributed by atoms with van der Waals surface area (Å²) in [6.07, 6.45) is 3.38. The summed E-state index contributed by atoms with van der Waals surface area (Å²) in [6, 6.07) is 28.5. The first kappa shape index (κ1) is 34.6. The van der Waals surface area contributed by atoms with E-state index in [1.54, 1.807) is 18.3 Å². The molecule has 11 heteroatoms. The van der Waals surface area contributed by atoms with Gasteiger partial charge in [0, 0.05) is 17.5 Å². The summed E-state index contributed by atoms with van der Waals surface area (Å²) in [5, 5.41) is 9.45. The number of rotatable bonds is 11. The first-order chi connectivity index (χ1) is 21.9. The third kappa shape index (κ3) is 9.16. The summed E-state index contributed by atoms with van der Waals surface area (Å²) >= 11 is 3.45. The first-order valence-corrected chi connectivity index (χ1v) is 15.5. The molecule has 46 heavy (non-hydrogen) atoms. The Hall–Kier alpha value is -4.23. The van der Waals surface area contributed by atoms with Crippen molar-refractivity contribution in [2.75, 3.05) is 36.5 Å². The molecule has 1 heterocycles. The molecule has 0 aliphatic carbocycles. The van der Waals surface area contributed by atoms with Crippen molar-refractivity contribution in [2.45, 2.75) is 19.9 Å². The molecule has 238 valence electrons. The minimum atomic E-state index is -0.631. The molecular formula is C35H34BrIN4O5. The monoisotopic (exact) mass is 796 g/mol. The molecule has 0 bridgehead atoms. The molecule has 0 aliphatic heterocycles. The van der Waals surface area contributed by atoms with Gasteiger partial charge in [0.25, 0.3) is 5.91 Å². The molecule has 0 fully saturated rings. The van der Waals surface area contributed by atoms with Gasteiger partial charge in [-0.15, -0.1) is 0 Å². The van der Waals surface area contributed by atoms with Gasteiger partial charge in [0.05, 0.1) is 23.2 Å². The van der Waals surface area contributed by atoms with Gasteiger partial charge in [0.2, 0.25) is 0 Å². The molecule has 0 saturated carbocycles. The van der Waals surface area contributed by atoms with Crippen molar-refractivity contribution in [1.82, 2.24) is 5.32 Å². The fraction of sp³-hybridized carbons (Fsp3) is 0.200. The standard InChI is InChI=1S/C35H33BrN4O5.HI/c1-2-17-39-23-28(21-29(36)24-39)33(41)37-16-19-45-35(43)40(30-15-14-25-8-3-4-10-27(25)22-30)18-20-44-34(42)38-32-13-7-11-26-9-5-6-12-31(26)32;/h3-15,21-24H,2,16-20H2,1H3,(H-,37,38,41,42);1H. The van der Waals surface area contributed by atoms with Gasteiger partial charge in [-0.05, 0) is 56.4 Å². The Morgan fingerprint density at radius 3 is 2.37 bits per heavy atom. The highest BCUT2D eigenvalue weighted by atomic mass is 127. The van der Waals surface area contributed by atoms with Gasteiger partial charge >= 0.3 is 12.2 Å². The largest absolute Gasteiger partial charge is 1.00 e. The Kier molecular flexibility index (Phi) is 12.7. The Morgan fingerprint density at radius 2 is 1.57 bits per heavy atom. The number of nitrogens with one attached hydrogen (secondary N) is 2. The molecule has 4 aromatic carbocycles. The number of ether oxygens (including phenoxy) is 2. The number of aromatic nitrogens is 1. The summed E-state index contributed by atoms with van der Waals surface area (Å²) in [4.78, 5) is 40.1. The molecular weight excluding hydrogens is 763 g/mol. The van der Waals surface area contributed by atoms with Crippen molar-refractivity contribution in [3.63, 3.8) is 0 Å². The second kappa shape index (κ2) is 16.9. The number of carbonyl (C=O) groups excluding carboxylic acids is 3. The summed E-state index contributed by atoms with van der Waals surface area (Å²) in [6.45, 7) is 2.92. The van der Waals surface area contributed by atoms with E-state index < -0.39 is 12.2 Å². The quantitative estimate of drug-likeness (QED) is 0.119. The van der Waals surface area contributed by atoms with Gasteiger partial charge in [-0.1, -0.05) is 73.7 Å². The molecule has 9 nitrogen and oxygen atoms in total. The molecule has 5 aromatic rings. The van der Waals surface area contributed by atoms with Crippen LogP contribution in [-0.2, 0) is 16.0 Å². The van der Waals surface area contributed by atoms with E-state index >= 15 is 0 Å². The molecule has 5 rings (SSSR count). The van der Waals surface area contributed by atoms with Gasteiger partial charge < -0.3 is 38.8 Å². The number of amides is 3. The van der Waals surface area contributed by atoms with Crippen LogP contribution >= 0.6 is 15.9 Å². The van der Waals surface area contributed by atoms with Crippen LogP contribution in [0.2, 0.25) is 0 Å². The summed E-state index contributed by atoms with van der Waals surface area (Å²) in [5.74, 6) is -0.269. The smallest absolute Gasteiger partial charge is 0.414 e. The van der Waals surface area contributed by atoms with Crippen molar-refractivity contribution in [3.05, 3.63) is 113 Å². The maximum Gasteiger partial charge on any atom is 0.414 e. The Bertz CT molecular complexity index is 1830. The molecule has 0 radical (unpaired) electrons. The van der Waals surface area contributed by atoms with Crippen LogP contribution in [0.3, 0.4) is 0 Å². The zero-order chi connectivity index (χ0) is 31.6. The maximum absolute atomic E-state index is 13.3. The van der Waals surface area contributed by atoms with Gasteiger partial charge in [-0.25, -0.2) is 14.2 Å². The van der Waals surface area contributed by atoms with E-state index in [0.717, 1.165) is 39.0 Å². The van der Waals surface area contributed by atoms with Crippen molar-refractivity contribution in [2.24, 2.45) is 0 Å². The molecule has 3 amide bonds. The highest BCUT2D eigenvalue weighted by Gasteiger charge is 2.19. The number of benzene rings is 4. The minimum absolute atomic E-state index is 0.